The van der Waals surface area contributed by atoms with E-state index in [4.69, 9.17) is 0 Å². The summed E-state index contributed by atoms with van der Waals surface area (Å²) in [4.78, 5) is 0.928. The van der Waals surface area contributed by atoms with Crippen LogP contribution in [0.1, 0.15) is 50.0 Å². The Kier molecular flexibility index (Phi) is 3.70. The van der Waals surface area contributed by atoms with Gasteiger partial charge in [0.25, 0.3) is 0 Å². The first-order valence-corrected chi connectivity index (χ1v) is 6.54. The van der Waals surface area contributed by atoms with Gasteiger partial charge in [-0.2, -0.15) is 0 Å². The predicted molar refractivity (Wildman–Crippen MR) is 60.6 cm³/mol. The predicted octanol–water partition coefficient (Wildman–Crippen LogP) is 2.79. The van der Waals surface area contributed by atoms with Gasteiger partial charge in [0.15, 0.2) is 0 Å². The molecule has 0 spiro atoms. The first kappa shape index (κ1) is 11.0. The molecule has 1 aliphatic carbocycles. The summed E-state index contributed by atoms with van der Waals surface area (Å²) in [5.41, 5.74) is 0. The summed E-state index contributed by atoms with van der Waals surface area (Å²) in [5.74, 6) is 1.23. The SMILES string of the molecule is CCC1CCCC(C(O)c2cnns2)C1. The van der Waals surface area contributed by atoms with Crippen molar-refractivity contribution >= 4 is 11.5 Å². The van der Waals surface area contributed by atoms with Crippen molar-refractivity contribution in [1.82, 2.24) is 9.59 Å². The van der Waals surface area contributed by atoms with Crippen molar-refractivity contribution in [2.24, 2.45) is 11.8 Å². The Morgan fingerprint density at radius 3 is 3.13 bits per heavy atom. The Morgan fingerprint density at radius 2 is 2.47 bits per heavy atom. The normalized spacial score (nSPS) is 28.9. The van der Waals surface area contributed by atoms with Crippen molar-refractivity contribution in [3.05, 3.63) is 11.1 Å². The highest BCUT2D eigenvalue weighted by molar-refractivity contribution is 7.05. The van der Waals surface area contributed by atoms with Crippen LogP contribution in [-0.4, -0.2) is 14.7 Å². The molecule has 0 aromatic carbocycles. The molecule has 3 atom stereocenters. The highest BCUT2D eigenvalue weighted by Crippen LogP contribution is 2.38. The fraction of sp³-hybridized carbons (Fsp3) is 0.818. The fourth-order valence-electron chi connectivity index (χ4n) is 2.53. The third-order valence-corrected chi connectivity index (χ3v) is 4.25. The minimum absolute atomic E-state index is 0.334. The molecule has 2 rings (SSSR count). The van der Waals surface area contributed by atoms with Gasteiger partial charge in [0.05, 0.1) is 17.2 Å². The summed E-state index contributed by atoms with van der Waals surface area (Å²) in [6, 6.07) is 0. The van der Waals surface area contributed by atoms with Crippen molar-refractivity contribution in [3.63, 3.8) is 0 Å². The van der Waals surface area contributed by atoms with Crippen LogP contribution >= 0.6 is 11.5 Å². The Hall–Kier alpha value is -0.480. The number of nitrogens with zero attached hydrogens (tertiary/aromatic N) is 2. The maximum absolute atomic E-state index is 10.2. The second-order valence-corrected chi connectivity index (χ2v) is 5.28. The molecular weight excluding hydrogens is 208 g/mol. The second kappa shape index (κ2) is 5.03. The molecule has 1 fully saturated rings. The quantitative estimate of drug-likeness (QED) is 0.862. The van der Waals surface area contributed by atoms with E-state index in [1.54, 1.807) is 6.20 Å². The van der Waals surface area contributed by atoms with Crippen LogP contribution in [0, 0.1) is 11.8 Å². The fourth-order valence-corrected chi connectivity index (χ4v) is 3.11. The van der Waals surface area contributed by atoms with Crippen molar-refractivity contribution in [1.29, 1.82) is 0 Å². The van der Waals surface area contributed by atoms with E-state index in [0.29, 0.717) is 5.92 Å². The molecule has 0 amide bonds. The van der Waals surface area contributed by atoms with E-state index >= 15 is 0 Å². The first-order chi connectivity index (χ1) is 7.31. The van der Waals surface area contributed by atoms with Gasteiger partial charge in [-0.1, -0.05) is 30.7 Å². The van der Waals surface area contributed by atoms with Gasteiger partial charge in [-0.3, -0.25) is 0 Å². The van der Waals surface area contributed by atoms with Crippen LogP contribution in [0.15, 0.2) is 6.20 Å². The second-order valence-electron chi connectivity index (χ2n) is 4.47. The molecule has 1 N–H and O–H groups in total. The molecular formula is C11H18N2OS. The van der Waals surface area contributed by atoms with E-state index in [1.807, 2.05) is 0 Å². The van der Waals surface area contributed by atoms with E-state index in [-0.39, 0.29) is 6.10 Å². The summed E-state index contributed by atoms with van der Waals surface area (Å²) < 4.78 is 3.81. The lowest BCUT2D eigenvalue weighted by Gasteiger charge is -2.30. The van der Waals surface area contributed by atoms with Crippen LogP contribution in [-0.2, 0) is 0 Å². The molecule has 15 heavy (non-hydrogen) atoms. The summed E-state index contributed by atoms with van der Waals surface area (Å²) >= 11 is 1.32. The van der Waals surface area contributed by atoms with Gasteiger partial charge >= 0.3 is 0 Å². The third kappa shape index (κ3) is 2.55. The van der Waals surface area contributed by atoms with E-state index in [2.05, 4.69) is 16.5 Å². The van der Waals surface area contributed by atoms with Crippen LogP contribution in [0.4, 0.5) is 0 Å². The molecule has 0 bridgehead atoms. The summed E-state index contributed by atoms with van der Waals surface area (Å²) in [5, 5.41) is 14.0. The summed E-state index contributed by atoms with van der Waals surface area (Å²) in [6.07, 6.45) is 7.51. The van der Waals surface area contributed by atoms with Gasteiger partial charge in [0, 0.05) is 0 Å². The zero-order valence-corrected chi connectivity index (χ0v) is 9.91. The maximum atomic E-state index is 10.2. The van der Waals surface area contributed by atoms with Crippen LogP contribution in [0.5, 0.6) is 0 Å². The molecule has 3 unspecified atom stereocenters. The molecule has 1 aromatic heterocycles. The topological polar surface area (TPSA) is 46.0 Å². The van der Waals surface area contributed by atoms with Crippen LogP contribution in [0.25, 0.3) is 0 Å². The Bertz CT molecular complexity index is 289. The average molecular weight is 226 g/mol. The van der Waals surface area contributed by atoms with Crippen LogP contribution in [0.3, 0.4) is 0 Å². The van der Waals surface area contributed by atoms with Crippen molar-refractivity contribution in [3.8, 4) is 0 Å². The molecule has 0 saturated heterocycles. The Balaban J connectivity index is 1.98. The van der Waals surface area contributed by atoms with Crippen molar-refractivity contribution in [2.75, 3.05) is 0 Å². The zero-order chi connectivity index (χ0) is 10.7. The number of hydrogen-bond acceptors (Lipinski definition) is 4. The lowest BCUT2D eigenvalue weighted by atomic mass is 9.77. The van der Waals surface area contributed by atoms with E-state index in [0.717, 1.165) is 23.6 Å². The molecule has 0 aliphatic heterocycles. The number of aliphatic hydroxyl groups is 1. The molecule has 84 valence electrons. The smallest absolute Gasteiger partial charge is 0.0942 e. The molecule has 4 heteroatoms. The third-order valence-electron chi connectivity index (χ3n) is 3.52. The zero-order valence-electron chi connectivity index (χ0n) is 9.09. The molecule has 1 heterocycles. The van der Waals surface area contributed by atoms with E-state index in [9.17, 15) is 5.11 Å². The average Bonchev–Trinajstić information content (AvgIpc) is 2.81. The molecule has 1 aromatic rings. The lowest BCUT2D eigenvalue weighted by Crippen LogP contribution is -2.20. The van der Waals surface area contributed by atoms with Gasteiger partial charge in [-0.25, -0.2) is 0 Å². The number of hydrogen-bond donors (Lipinski definition) is 1. The van der Waals surface area contributed by atoms with Gasteiger partial charge in [0.2, 0.25) is 0 Å². The lowest BCUT2D eigenvalue weighted by molar-refractivity contribution is 0.0704. The van der Waals surface area contributed by atoms with E-state index in [1.165, 1.54) is 30.8 Å². The van der Waals surface area contributed by atoms with Gasteiger partial charge in [-0.15, -0.1) is 5.10 Å². The minimum Gasteiger partial charge on any atom is -0.387 e. The Morgan fingerprint density at radius 1 is 1.60 bits per heavy atom. The molecule has 0 radical (unpaired) electrons. The van der Waals surface area contributed by atoms with Gasteiger partial charge < -0.3 is 5.11 Å². The van der Waals surface area contributed by atoms with Crippen molar-refractivity contribution in [2.45, 2.75) is 45.1 Å². The van der Waals surface area contributed by atoms with Crippen molar-refractivity contribution < 1.29 is 5.11 Å². The first-order valence-electron chi connectivity index (χ1n) is 5.76. The standard InChI is InChI=1S/C11H18N2OS/c1-2-8-4-3-5-9(6-8)11(14)10-7-12-13-15-10/h7-9,11,14H,2-6H2,1H3. The number of aromatic nitrogens is 2. The number of aliphatic hydroxyl groups excluding tert-OH is 1. The molecule has 1 aliphatic rings. The largest absolute Gasteiger partial charge is 0.387 e. The Labute approximate surface area is 94.7 Å². The summed E-state index contributed by atoms with van der Waals surface area (Å²) in [6.45, 7) is 2.24. The van der Waals surface area contributed by atoms with Crippen LogP contribution in [0.2, 0.25) is 0 Å². The highest BCUT2D eigenvalue weighted by Gasteiger charge is 2.28. The van der Waals surface area contributed by atoms with Gasteiger partial charge in [0.1, 0.15) is 0 Å². The van der Waals surface area contributed by atoms with Gasteiger partial charge in [-0.05, 0) is 36.2 Å². The van der Waals surface area contributed by atoms with E-state index < -0.39 is 0 Å². The molecule has 1 saturated carbocycles. The molecule has 3 nitrogen and oxygen atoms in total. The summed E-state index contributed by atoms with van der Waals surface area (Å²) in [7, 11) is 0. The van der Waals surface area contributed by atoms with Crippen LogP contribution < -0.4 is 0 Å². The number of rotatable bonds is 3. The maximum Gasteiger partial charge on any atom is 0.0942 e. The highest BCUT2D eigenvalue weighted by atomic mass is 32.1. The monoisotopic (exact) mass is 226 g/mol. The minimum atomic E-state index is -0.334.